The fraction of sp³-hybridized carbons (Fsp3) is 0.476. The first-order chi connectivity index (χ1) is 12.4. The molecule has 0 amide bonds. The van der Waals surface area contributed by atoms with E-state index in [0.717, 1.165) is 41.8 Å². The van der Waals surface area contributed by atoms with Gasteiger partial charge in [0.15, 0.2) is 0 Å². The fourth-order valence-corrected chi connectivity index (χ4v) is 3.48. The van der Waals surface area contributed by atoms with Crippen LogP contribution in [0.4, 0.5) is 0 Å². The maximum absolute atomic E-state index is 11.9. The molecule has 2 aromatic rings. The largest absolute Gasteiger partial charge is 0.481 e. The van der Waals surface area contributed by atoms with E-state index in [0.29, 0.717) is 0 Å². The minimum absolute atomic E-state index is 0.138. The summed E-state index contributed by atoms with van der Waals surface area (Å²) in [7, 11) is 0. The van der Waals surface area contributed by atoms with Gasteiger partial charge in [0, 0.05) is 16.6 Å². The lowest BCUT2D eigenvalue weighted by atomic mass is 9.78. The van der Waals surface area contributed by atoms with E-state index in [1.165, 1.54) is 12.8 Å². The maximum Gasteiger partial charge on any atom is 0.314 e. The molecule has 0 saturated heterocycles. The number of benzene rings is 1. The van der Waals surface area contributed by atoms with Crippen molar-refractivity contribution >= 4 is 21.9 Å². The van der Waals surface area contributed by atoms with Crippen LogP contribution in [0, 0.1) is 0 Å². The summed E-state index contributed by atoms with van der Waals surface area (Å²) < 4.78 is 0. The number of halogens is 1. The van der Waals surface area contributed by atoms with Gasteiger partial charge >= 0.3 is 5.97 Å². The molecule has 0 aliphatic rings. The molecule has 140 valence electrons. The number of alkyl halides is 1. The fourth-order valence-electron chi connectivity index (χ4n) is 3.02. The number of hydrogen-bond acceptors (Lipinski definition) is 3. The van der Waals surface area contributed by atoms with Gasteiger partial charge in [0.2, 0.25) is 0 Å². The Labute approximate surface area is 164 Å². The average Bonchev–Trinajstić information content (AvgIpc) is 2.67. The van der Waals surface area contributed by atoms with Crippen molar-refractivity contribution < 1.29 is 9.90 Å². The van der Waals surface area contributed by atoms with Crippen molar-refractivity contribution in [1.82, 2.24) is 9.97 Å². The molecule has 1 N–H and O–H groups in total. The molecule has 2 atom stereocenters. The van der Waals surface area contributed by atoms with Crippen LogP contribution in [0.3, 0.4) is 0 Å². The number of carboxylic acids is 1. The lowest BCUT2D eigenvalue weighted by Gasteiger charge is -2.30. The third kappa shape index (κ3) is 4.50. The summed E-state index contributed by atoms with van der Waals surface area (Å²) >= 11 is 3.53. The van der Waals surface area contributed by atoms with Crippen molar-refractivity contribution in [1.29, 1.82) is 0 Å². The van der Waals surface area contributed by atoms with Crippen LogP contribution < -0.4 is 0 Å². The number of aliphatic carboxylic acids is 1. The van der Waals surface area contributed by atoms with Gasteiger partial charge in [-0.3, -0.25) is 14.8 Å². The normalized spacial score (nSPS) is 14.6. The Morgan fingerprint density at radius 3 is 2.35 bits per heavy atom. The van der Waals surface area contributed by atoms with Crippen LogP contribution in [-0.2, 0) is 16.6 Å². The molecule has 1 aromatic heterocycles. The van der Waals surface area contributed by atoms with E-state index >= 15 is 0 Å². The van der Waals surface area contributed by atoms with Gasteiger partial charge in [0.05, 0.1) is 17.6 Å². The van der Waals surface area contributed by atoms with Crippen molar-refractivity contribution in [3.8, 4) is 11.3 Å². The summed E-state index contributed by atoms with van der Waals surface area (Å²) in [6.07, 6.45) is 8.87. The van der Waals surface area contributed by atoms with Gasteiger partial charge in [-0.05, 0) is 31.7 Å². The quantitative estimate of drug-likeness (QED) is 0.437. The van der Waals surface area contributed by atoms with Gasteiger partial charge in [-0.25, -0.2) is 0 Å². The van der Waals surface area contributed by atoms with Gasteiger partial charge in [0.25, 0.3) is 0 Å². The third-order valence-corrected chi connectivity index (χ3v) is 6.51. The highest BCUT2D eigenvalue weighted by Gasteiger charge is 2.41. The van der Waals surface area contributed by atoms with E-state index in [4.69, 9.17) is 0 Å². The minimum atomic E-state index is -0.970. The van der Waals surface area contributed by atoms with Crippen molar-refractivity contribution in [2.45, 2.75) is 63.1 Å². The molecule has 26 heavy (non-hydrogen) atoms. The van der Waals surface area contributed by atoms with Crippen LogP contribution in [-0.4, -0.2) is 25.9 Å². The van der Waals surface area contributed by atoms with Crippen molar-refractivity contribution in [2.75, 3.05) is 0 Å². The second-order valence-corrected chi connectivity index (χ2v) is 7.92. The van der Waals surface area contributed by atoms with Gasteiger partial charge < -0.3 is 5.11 Å². The maximum atomic E-state index is 11.9. The molecule has 0 aliphatic carbocycles. The number of unbranched alkanes of at least 4 members (excludes halogenated alkanes) is 2. The van der Waals surface area contributed by atoms with Crippen LogP contribution in [0.1, 0.15) is 57.7 Å². The Bertz CT molecular complexity index is 716. The molecular formula is C21H27BrN2O2. The van der Waals surface area contributed by atoms with Gasteiger partial charge in [0.1, 0.15) is 5.41 Å². The second kappa shape index (κ2) is 9.26. The number of rotatable bonds is 9. The average molecular weight is 419 g/mol. The Hall–Kier alpha value is -1.75. The van der Waals surface area contributed by atoms with Gasteiger partial charge in [-0.2, -0.15) is 0 Å². The molecule has 0 radical (unpaired) electrons. The van der Waals surface area contributed by atoms with E-state index in [9.17, 15) is 9.90 Å². The summed E-state index contributed by atoms with van der Waals surface area (Å²) in [6.45, 7) is 5.93. The first-order valence-electron chi connectivity index (χ1n) is 9.22. The Morgan fingerprint density at radius 1 is 1.15 bits per heavy atom. The number of hydrogen-bond donors (Lipinski definition) is 1. The zero-order chi connectivity index (χ0) is 19.2. The molecule has 1 heterocycles. The molecule has 2 unspecified atom stereocenters. The lowest BCUT2D eigenvalue weighted by Crippen LogP contribution is -2.40. The number of aryl methyl sites for hydroxylation is 1. The van der Waals surface area contributed by atoms with Gasteiger partial charge in [-0.15, -0.1) is 0 Å². The summed E-state index contributed by atoms with van der Waals surface area (Å²) in [5.74, 6) is -0.829. The van der Waals surface area contributed by atoms with E-state index in [-0.39, 0.29) is 4.83 Å². The summed E-state index contributed by atoms with van der Waals surface area (Å²) in [6, 6.07) is 7.60. The van der Waals surface area contributed by atoms with Crippen molar-refractivity contribution in [3.05, 3.63) is 47.9 Å². The number of carbonyl (C=O) groups is 1. The van der Waals surface area contributed by atoms with Crippen LogP contribution in [0.25, 0.3) is 11.3 Å². The number of nitrogens with zero attached hydrogens (tertiary/aromatic N) is 2. The SMILES string of the molecule is CCCCCc1cnc(-c2ccc(C(C)(C(=O)O)C(Br)CC)cc2)cn1. The predicted molar refractivity (Wildman–Crippen MR) is 109 cm³/mol. The molecule has 0 saturated carbocycles. The number of carboxylic acid groups (broad SMARTS) is 1. The van der Waals surface area contributed by atoms with Gasteiger partial charge in [-0.1, -0.05) is 66.9 Å². The number of aromatic nitrogens is 2. The summed E-state index contributed by atoms with van der Waals surface area (Å²) in [4.78, 5) is 20.8. The molecule has 0 aliphatic heterocycles. The summed E-state index contributed by atoms with van der Waals surface area (Å²) in [5, 5.41) is 9.74. The highest BCUT2D eigenvalue weighted by Crippen LogP contribution is 2.35. The highest BCUT2D eigenvalue weighted by atomic mass is 79.9. The standard InChI is InChI=1S/C21H27BrN2O2/c1-4-6-7-8-17-13-24-18(14-23-17)15-9-11-16(12-10-15)21(3,20(25)26)19(22)5-2/h9-14,19H,4-8H2,1-3H3,(H,25,26). The molecule has 2 rings (SSSR count). The second-order valence-electron chi connectivity index (χ2n) is 6.81. The minimum Gasteiger partial charge on any atom is -0.481 e. The molecule has 0 spiro atoms. The topological polar surface area (TPSA) is 63.1 Å². The molecule has 0 bridgehead atoms. The van der Waals surface area contributed by atoms with Crippen LogP contribution in [0.5, 0.6) is 0 Å². The smallest absolute Gasteiger partial charge is 0.314 e. The first kappa shape index (κ1) is 20.6. The van der Waals surface area contributed by atoms with Crippen LogP contribution in [0.2, 0.25) is 0 Å². The molecule has 5 heteroatoms. The van der Waals surface area contributed by atoms with Crippen LogP contribution in [0.15, 0.2) is 36.7 Å². The first-order valence-corrected chi connectivity index (χ1v) is 10.1. The zero-order valence-corrected chi connectivity index (χ0v) is 17.3. The lowest BCUT2D eigenvalue weighted by molar-refractivity contribution is -0.143. The Morgan fingerprint density at radius 2 is 1.85 bits per heavy atom. The molecule has 4 nitrogen and oxygen atoms in total. The summed E-state index contributed by atoms with van der Waals surface area (Å²) in [5.41, 5.74) is 2.57. The van der Waals surface area contributed by atoms with E-state index in [1.54, 1.807) is 13.1 Å². The van der Waals surface area contributed by atoms with Crippen LogP contribution >= 0.6 is 15.9 Å². The van der Waals surface area contributed by atoms with E-state index in [1.807, 2.05) is 37.4 Å². The monoisotopic (exact) mass is 418 g/mol. The van der Waals surface area contributed by atoms with E-state index in [2.05, 4.69) is 32.8 Å². The predicted octanol–water partition coefficient (Wildman–Crippen LogP) is 5.39. The molecule has 1 aromatic carbocycles. The highest BCUT2D eigenvalue weighted by molar-refractivity contribution is 9.09. The Balaban J connectivity index is 2.19. The van der Waals surface area contributed by atoms with Crippen molar-refractivity contribution in [3.63, 3.8) is 0 Å². The third-order valence-electron chi connectivity index (χ3n) is 4.95. The van der Waals surface area contributed by atoms with Crippen molar-refractivity contribution in [2.24, 2.45) is 0 Å². The van der Waals surface area contributed by atoms with E-state index < -0.39 is 11.4 Å². The molecular weight excluding hydrogens is 392 g/mol. The zero-order valence-electron chi connectivity index (χ0n) is 15.7. The Kier molecular flexibility index (Phi) is 7.33. The molecule has 0 fully saturated rings.